The van der Waals surface area contributed by atoms with Gasteiger partial charge in [0.05, 0.1) is 6.54 Å². The van der Waals surface area contributed by atoms with E-state index in [1.54, 1.807) is 0 Å². The van der Waals surface area contributed by atoms with Crippen molar-refractivity contribution in [3.05, 3.63) is 0 Å². The highest BCUT2D eigenvalue weighted by Gasteiger charge is 2.25. The first-order valence-electron chi connectivity index (χ1n) is 6.60. The van der Waals surface area contributed by atoms with Gasteiger partial charge in [-0.2, -0.15) is 0 Å². The van der Waals surface area contributed by atoms with Crippen molar-refractivity contribution in [2.75, 3.05) is 6.54 Å². The number of carbonyl (C=O) groups is 1. The third kappa shape index (κ3) is 9.16. The highest BCUT2D eigenvalue weighted by molar-refractivity contribution is 5.78. The molecule has 0 aliphatic rings. The molecule has 3 nitrogen and oxygen atoms in total. The van der Waals surface area contributed by atoms with Crippen molar-refractivity contribution in [1.82, 2.24) is 10.6 Å². The zero-order valence-corrected chi connectivity index (χ0v) is 12.6. The highest BCUT2D eigenvalue weighted by atomic mass is 16.1. The molecule has 0 rings (SSSR count). The minimum atomic E-state index is -0.00889. The molecule has 0 radical (unpaired) electrons. The molecular weight excluding hydrogens is 212 g/mol. The van der Waals surface area contributed by atoms with E-state index in [0.29, 0.717) is 6.54 Å². The van der Waals surface area contributed by atoms with Gasteiger partial charge in [-0.15, -0.1) is 0 Å². The maximum absolute atomic E-state index is 11.7. The van der Waals surface area contributed by atoms with Crippen LogP contribution in [-0.4, -0.2) is 24.0 Å². The fourth-order valence-corrected chi connectivity index (χ4v) is 2.14. The average molecular weight is 242 g/mol. The molecule has 1 unspecified atom stereocenters. The summed E-state index contributed by atoms with van der Waals surface area (Å²) in [5.74, 6) is 0.0846. The fourth-order valence-electron chi connectivity index (χ4n) is 2.14. The maximum Gasteiger partial charge on any atom is 0.234 e. The molecular formula is C14H30N2O. The van der Waals surface area contributed by atoms with Crippen LogP contribution in [0.4, 0.5) is 0 Å². The third-order valence-corrected chi connectivity index (χ3v) is 2.72. The number of rotatable bonds is 6. The molecule has 0 aromatic rings. The van der Waals surface area contributed by atoms with E-state index in [1.807, 2.05) is 6.92 Å². The Balaban J connectivity index is 4.05. The largest absolute Gasteiger partial charge is 0.353 e. The zero-order chi connectivity index (χ0) is 13.7. The Hall–Kier alpha value is -0.570. The van der Waals surface area contributed by atoms with Gasteiger partial charge in [-0.25, -0.2) is 0 Å². The molecule has 1 amide bonds. The molecule has 0 bridgehead atoms. The molecule has 17 heavy (non-hydrogen) atoms. The summed E-state index contributed by atoms with van der Waals surface area (Å²) in [5.41, 5.74) is 0.259. The predicted molar refractivity (Wildman–Crippen MR) is 74.0 cm³/mol. The van der Waals surface area contributed by atoms with Gasteiger partial charge in [0.25, 0.3) is 0 Å². The summed E-state index contributed by atoms with van der Waals surface area (Å²) in [6.07, 6.45) is 2.01. The average Bonchev–Trinajstić information content (AvgIpc) is 2.11. The van der Waals surface area contributed by atoms with Gasteiger partial charge in [0, 0.05) is 11.6 Å². The standard InChI is InChI=1S/C14H30N2O/c1-8-11(2)16-12(17)9-15-14(6,7)10-13(3,4)5/h11,15H,8-10H2,1-7H3,(H,16,17). The van der Waals surface area contributed by atoms with E-state index in [-0.39, 0.29) is 22.9 Å². The Kier molecular flexibility index (Phi) is 6.17. The smallest absolute Gasteiger partial charge is 0.234 e. The summed E-state index contributed by atoms with van der Waals surface area (Å²) in [5, 5.41) is 6.30. The van der Waals surface area contributed by atoms with Crippen molar-refractivity contribution in [2.24, 2.45) is 5.41 Å². The minimum Gasteiger partial charge on any atom is -0.353 e. The van der Waals surface area contributed by atoms with E-state index in [1.165, 1.54) is 0 Å². The van der Waals surface area contributed by atoms with E-state index >= 15 is 0 Å². The van der Waals surface area contributed by atoms with Crippen LogP contribution >= 0.6 is 0 Å². The van der Waals surface area contributed by atoms with Gasteiger partial charge in [0.15, 0.2) is 0 Å². The number of nitrogens with one attached hydrogen (secondary N) is 2. The van der Waals surface area contributed by atoms with E-state index < -0.39 is 0 Å². The van der Waals surface area contributed by atoms with Crippen LogP contribution < -0.4 is 10.6 Å². The van der Waals surface area contributed by atoms with E-state index in [4.69, 9.17) is 0 Å². The Morgan fingerprint density at radius 1 is 1.18 bits per heavy atom. The summed E-state index contributed by atoms with van der Waals surface area (Å²) in [4.78, 5) is 11.7. The van der Waals surface area contributed by atoms with Crippen molar-refractivity contribution in [1.29, 1.82) is 0 Å². The second-order valence-electron chi connectivity index (χ2n) is 6.85. The number of carbonyl (C=O) groups excluding carboxylic acids is 1. The molecule has 0 saturated carbocycles. The van der Waals surface area contributed by atoms with E-state index in [9.17, 15) is 4.79 Å². The molecule has 0 heterocycles. The van der Waals surface area contributed by atoms with Gasteiger partial charge in [-0.05, 0) is 39.0 Å². The SMILES string of the molecule is CCC(C)NC(=O)CNC(C)(C)CC(C)(C)C. The second-order valence-corrected chi connectivity index (χ2v) is 6.85. The summed E-state index contributed by atoms with van der Waals surface area (Å²) < 4.78 is 0. The molecule has 0 spiro atoms. The number of hydrogen-bond acceptors (Lipinski definition) is 2. The highest BCUT2D eigenvalue weighted by Crippen LogP contribution is 2.26. The molecule has 0 aromatic heterocycles. The number of amides is 1. The Morgan fingerprint density at radius 2 is 1.71 bits per heavy atom. The summed E-state index contributed by atoms with van der Waals surface area (Å²) in [6, 6.07) is 0.259. The minimum absolute atomic E-state index is 0.00889. The zero-order valence-electron chi connectivity index (χ0n) is 12.6. The van der Waals surface area contributed by atoms with Gasteiger partial charge in [-0.1, -0.05) is 27.7 Å². The molecule has 0 fully saturated rings. The van der Waals surface area contributed by atoms with Gasteiger partial charge in [-0.3, -0.25) is 4.79 Å². The summed E-state index contributed by atoms with van der Waals surface area (Å²) >= 11 is 0. The molecule has 0 aromatic carbocycles. The Bertz CT molecular complexity index is 241. The van der Waals surface area contributed by atoms with Crippen LogP contribution in [0.5, 0.6) is 0 Å². The fraction of sp³-hybridized carbons (Fsp3) is 0.929. The van der Waals surface area contributed by atoms with Crippen LogP contribution in [0.3, 0.4) is 0 Å². The van der Waals surface area contributed by atoms with E-state index in [0.717, 1.165) is 12.8 Å². The molecule has 102 valence electrons. The van der Waals surface area contributed by atoms with Crippen LogP contribution in [0.25, 0.3) is 0 Å². The first-order chi connectivity index (χ1) is 7.56. The Morgan fingerprint density at radius 3 is 2.12 bits per heavy atom. The molecule has 1 atom stereocenters. The first kappa shape index (κ1) is 16.4. The predicted octanol–water partition coefficient (Wildman–Crippen LogP) is 2.71. The summed E-state index contributed by atoms with van der Waals surface area (Å²) in [6.45, 7) is 15.4. The molecule has 0 saturated heterocycles. The normalized spacial score (nSPS) is 14.5. The van der Waals surface area contributed by atoms with Crippen molar-refractivity contribution in [3.8, 4) is 0 Å². The van der Waals surface area contributed by atoms with Crippen molar-refractivity contribution >= 4 is 5.91 Å². The molecule has 2 N–H and O–H groups in total. The van der Waals surface area contributed by atoms with Crippen LogP contribution in [-0.2, 0) is 4.79 Å². The van der Waals surface area contributed by atoms with Crippen molar-refractivity contribution in [3.63, 3.8) is 0 Å². The molecule has 0 aliphatic carbocycles. The Labute approximate surface area is 107 Å². The lowest BCUT2D eigenvalue weighted by molar-refractivity contribution is -0.121. The van der Waals surface area contributed by atoms with Crippen molar-refractivity contribution < 1.29 is 4.79 Å². The van der Waals surface area contributed by atoms with Gasteiger partial charge in [0.1, 0.15) is 0 Å². The lowest BCUT2D eigenvalue weighted by Gasteiger charge is -2.33. The van der Waals surface area contributed by atoms with Crippen molar-refractivity contribution in [2.45, 2.75) is 72.9 Å². The summed E-state index contributed by atoms with van der Waals surface area (Å²) in [7, 11) is 0. The van der Waals surface area contributed by atoms with E-state index in [2.05, 4.69) is 52.2 Å². The van der Waals surface area contributed by atoms with Crippen LogP contribution in [0.1, 0.15) is 61.3 Å². The third-order valence-electron chi connectivity index (χ3n) is 2.72. The van der Waals surface area contributed by atoms with Crippen LogP contribution in [0.2, 0.25) is 0 Å². The van der Waals surface area contributed by atoms with Gasteiger partial charge in [0.2, 0.25) is 5.91 Å². The van der Waals surface area contributed by atoms with Gasteiger partial charge >= 0.3 is 0 Å². The quantitative estimate of drug-likeness (QED) is 0.752. The number of hydrogen-bond donors (Lipinski definition) is 2. The lowest BCUT2D eigenvalue weighted by Crippen LogP contribution is -2.48. The maximum atomic E-state index is 11.7. The first-order valence-corrected chi connectivity index (χ1v) is 6.60. The monoisotopic (exact) mass is 242 g/mol. The van der Waals surface area contributed by atoms with Gasteiger partial charge < -0.3 is 10.6 Å². The molecule has 0 aliphatic heterocycles. The van der Waals surface area contributed by atoms with Crippen LogP contribution in [0, 0.1) is 5.41 Å². The topological polar surface area (TPSA) is 41.1 Å². The second kappa shape index (κ2) is 6.39. The lowest BCUT2D eigenvalue weighted by atomic mass is 9.82. The van der Waals surface area contributed by atoms with Crippen LogP contribution in [0.15, 0.2) is 0 Å². The molecule has 3 heteroatoms.